The summed E-state index contributed by atoms with van der Waals surface area (Å²) < 4.78 is 0. The first-order valence-electron chi connectivity index (χ1n) is 7.12. The van der Waals surface area contributed by atoms with Gasteiger partial charge in [0.1, 0.15) is 10.7 Å². The normalized spacial score (nSPS) is 11.2. The molecule has 0 fully saturated rings. The highest BCUT2D eigenvalue weighted by molar-refractivity contribution is 7.14. The SMILES string of the molecule is Cc1cccc(-c2nnc(CCCNCC(C)C)s2)n1. The smallest absolute Gasteiger partial charge is 0.166 e. The van der Waals surface area contributed by atoms with Gasteiger partial charge in [-0.1, -0.05) is 31.3 Å². The van der Waals surface area contributed by atoms with E-state index in [-0.39, 0.29) is 0 Å². The van der Waals surface area contributed by atoms with Crippen LogP contribution in [0.4, 0.5) is 0 Å². The van der Waals surface area contributed by atoms with Gasteiger partial charge < -0.3 is 5.32 Å². The van der Waals surface area contributed by atoms with E-state index in [1.807, 2.05) is 25.1 Å². The molecule has 0 amide bonds. The van der Waals surface area contributed by atoms with E-state index < -0.39 is 0 Å². The fourth-order valence-corrected chi connectivity index (χ4v) is 2.73. The second-order valence-electron chi connectivity index (χ2n) is 5.37. The number of nitrogens with zero attached hydrogens (tertiary/aromatic N) is 3. The van der Waals surface area contributed by atoms with Gasteiger partial charge in [-0.15, -0.1) is 10.2 Å². The van der Waals surface area contributed by atoms with Crippen LogP contribution in [0.3, 0.4) is 0 Å². The Morgan fingerprint density at radius 2 is 2.10 bits per heavy atom. The highest BCUT2D eigenvalue weighted by atomic mass is 32.1. The Morgan fingerprint density at radius 1 is 1.25 bits per heavy atom. The standard InChI is InChI=1S/C15H22N4S/c1-11(2)10-16-9-5-8-14-18-19-15(20-14)13-7-4-6-12(3)17-13/h4,6-7,11,16H,5,8-10H2,1-3H3. The van der Waals surface area contributed by atoms with Gasteiger partial charge in [0.05, 0.1) is 0 Å². The van der Waals surface area contributed by atoms with E-state index in [0.29, 0.717) is 5.92 Å². The van der Waals surface area contributed by atoms with Gasteiger partial charge in [0.25, 0.3) is 0 Å². The molecule has 0 saturated heterocycles. The average Bonchev–Trinajstić information content (AvgIpc) is 2.87. The summed E-state index contributed by atoms with van der Waals surface area (Å²) in [4.78, 5) is 4.48. The van der Waals surface area contributed by atoms with Crippen LogP contribution >= 0.6 is 11.3 Å². The van der Waals surface area contributed by atoms with Crippen LogP contribution in [0.15, 0.2) is 18.2 Å². The number of hydrogen-bond donors (Lipinski definition) is 1. The van der Waals surface area contributed by atoms with E-state index in [0.717, 1.165) is 47.3 Å². The van der Waals surface area contributed by atoms with E-state index in [2.05, 4.69) is 34.3 Å². The summed E-state index contributed by atoms with van der Waals surface area (Å²) in [6.45, 7) is 8.55. The Labute approximate surface area is 124 Å². The first kappa shape index (κ1) is 15.1. The zero-order valence-corrected chi connectivity index (χ0v) is 13.2. The Hall–Kier alpha value is -1.33. The molecule has 0 aliphatic carbocycles. The largest absolute Gasteiger partial charge is 0.316 e. The van der Waals surface area contributed by atoms with Crippen LogP contribution < -0.4 is 5.32 Å². The zero-order chi connectivity index (χ0) is 14.4. The minimum atomic E-state index is 0.704. The second kappa shape index (κ2) is 7.45. The van der Waals surface area contributed by atoms with Gasteiger partial charge >= 0.3 is 0 Å². The molecule has 0 spiro atoms. The van der Waals surface area contributed by atoms with Gasteiger partial charge in [0.15, 0.2) is 5.01 Å². The van der Waals surface area contributed by atoms with Crippen molar-refractivity contribution in [2.45, 2.75) is 33.6 Å². The summed E-state index contributed by atoms with van der Waals surface area (Å²) in [5, 5.41) is 13.9. The lowest BCUT2D eigenvalue weighted by Gasteiger charge is -2.05. The predicted molar refractivity (Wildman–Crippen MR) is 83.9 cm³/mol. The number of pyridine rings is 1. The fourth-order valence-electron chi connectivity index (χ4n) is 1.88. The molecular formula is C15H22N4S. The summed E-state index contributed by atoms with van der Waals surface area (Å²) in [6, 6.07) is 5.99. The van der Waals surface area contributed by atoms with Crippen LogP contribution in [0.25, 0.3) is 10.7 Å². The second-order valence-corrected chi connectivity index (χ2v) is 6.43. The minimum Gasteiger partial charge on any atom is -0.316 e. The molecule has 2 aromatic rings. The van der Waals surface area contributed by atoms with Gasteiger partial charge in [0, 0.05) is 12.1 Å². The maximum Gasteiger partial charge on any atom is 0.166 e. The monoisotopic (exact) mass is 290 g/mol. The van der Waals surface area contributed by atoms with Crippen molar-refractivity contribution in [2.75, 3.05) is 13.1 Å². The van der Waals surface area contributed by atoms with Crippen molar-refractivity contribution in [1.82, 2.24) is 20.5 Å². The summed E-state index contributed by atoms with van der Waals surface area (Å²) in [6.07, 6.45) is 2.08. The molecule has 0 saturated carbocycles. The summed E-state index contributed by atoms with van der Waals surface area (Å²) >= 11 is 1.65. The molecule has 108 valence electrons. The molecule has 2 heterocycles. The molecule has 0 aliphatic heterocycles. The van der Waals surface area contributed by atoms with Crippen molar-refractivity contribution in [1.29, 1.82) is 0 Å². The number of rotatable bonds is 7. The fraction of sp³-hybridized carbons (Fsp3) is 0.533. The van der Waals surface area contributed by atoms with Crippen molar-refractivity contribution < 1.29 is 0 Å². The van der Waals surface area contributed by atoms with Gasteiger partial charge in [0.2, 0.25) is 0 Å². The Kier molecular flexibility index (Phi) is 5.61. The summed E-state index contributed by atoms with van der Waals surface area (Å²) in [7, 11) is 0. The average molecular weight is 290 g/mol. The van der Waals surface area contributed by atoms with Crippen LogP contribution in [0.1, 0.15) is 31.0 Å². The molecule has 0 bridgehead atoms. The lowest BCUT2D eigenvalue weighted by atomic mass is 10.2. The molecule has 0 atom stereocenters. The van der Waals surface area contributed by atoms with Gasteiger partial charge in [-0.2, -0.15) is 0 Å². The predicted octanol–water partition coefficient (Wildman–Crippen LogP) is 3.09. The molecule has 1 N–H and O–H groups in total. The third-order valence-electron chi connectivity index (χ3n) is 2.87. The molecule has 20 heavy (non-hydrogen) atoms. The molecule has 0 aromatic carbocycles. The topological polar surface area (TPSA) is 50.7 Å². The molecular weight excluding hydrogens is 268 g/mol. The first-order chi connectivity index (χ1) is 9.65. The van der Waals surface area contributed by atoms with Crippen molar-refractivity contribution in [3.63, 3.8) is 0 Å². The van der Waals surface area contributed by atoms with E-state index in [1.54, 1.807) is 11.3 Å². The zero-order valence-electron chi connectivity index (χ0n) is 12.4. The van der Waals surface area contributed by atoms with Gasteiger partial charge in [-0.25, -0.2) is 0 Å². The van der Waals surface area contributed by atoms with Crippen LogP contribution in [-0.4, -0.2) is 28.3 Å². The van der Waals surface area contributed by atoms with E-state index in [9.17, 15) is 0 Å². The van der Waals surface area contributed by atoms with Crippen LogP contribution in [-0.2, 0) is 6.42 Å². The molecule has 0 unspecified atom stereocenters. The highest BCUT2D eigenvalue weighted by Crippen LogP contribution is 2.22. The molecule has 0 aliphatic rings. The number of nitrogens with one attached hydrogen (secondary N) is 1. The van der Waals surface area contributed by atoms with Crippen molar-refractivity contribution >= 4 is 11.3 Å². The lowest BCUT2D eigenvalue weighted by Crippen LogP contribution is -2.21. The lowest BCUT2D eigenvalue weighted by molar-refractivity contribution is 0.542. The summed E-state index contributed by atoms with van der Waals surface area (Å²) in [5.41, 5.74) is 1.93. The third-order valence-corrected chi connectivity index (χ3v) is 3.88. The van der Waals surface area contributed by atoms with E-state index in [4.69, 9.17) is 0 Å². The Bertz CT molecular complexity index is 536. The third kappa shape index (κ3) is 4.65. The highest BCUT2D eigenvalue weighted by Gasteiger charge is 2.07. The van der Waals surface area contributed by atoms with Crippen molar-refractivity contribution in [3.05, 3.63) is 28.9 Å². The van der Waals surface area contributed by atoms with Crippen molar-refractivity contribution in [2.24, 2.45) is 5.92 Å². The number of aryl methyl sites for hydroxylation is 2. The Morgan fingerprint density at radius 3 is 2.85 bits per heavy atom. The van der Waals surface area contributed by atoms with Crippen molar-refractivity contribution in [3.8, 4) is 10.7 Å². The van der Waals surface area contributed by atoms with Gasteiger partial charge in [-0.05, 0) is 44.5 Å². The van der Waals surface area contributed by atoms with Gasteiger partial charge in [-0.3, -0.25) is 4.98 Å². The molecule has 4 nitrogen and oxygen atoms in total. The minimum absolute atomic E-state index is 0.704. The quantitative estimate of drug-likeness (QED) is 0.796. The van der Waals surface area contributed by atoms with Crippen LogP contribution in [0, 0.1) is 12.8 Å². The first-order valence-corrected chi connectivity index (χ1v) is 7.94. The summed E-state index contributed by atoms with van der Waals surface area (Å²) in [5.74, 6) is 0.704. The number of hydrogen-bond acceptors (Lipinski definition) is 5. The Balaban J connectivity index is 1.83. The number of aromatic nitrogens is 3. The maximum absolute atomic E-state index is 4.48. The van der Waals surface area contributed by atoms with Crippen LogP contribution in [0.2, 0.25) is 0 Å². The molecule has 2 aromatic heterocycles. The van der Waals surface area contributed by atoms with E-state index in [1.165, 1.54) is 0 Å². The molecule has 0 radical (unpaired) electrons. The molecule has 5 heteroatoms. The molecule has 2 rings (SSSR count). The maximum atomic E-state index is 4.48. The van der Waals surface area contributed by atoms with Crippen LogP contribution in [0.5, 0.6) is 0 Å². The van der Waals surface area contributed by atoms with E-state index >= 15 is 0 Å².